The summed E-state index contributed by atoms with van der Waals surface area (Å²) in [6, 6.07) is 6.81. The lowest BCUT2D eigenvalue weighted by molar-refractivity contribution is -0.900. The van der Waals surface area contributed by atoms with Gasteiger partial charge in [-0.25, -0.2) is 0 Å². The molecule has 1 rings (SSSR count). The predicted molar refractivity (Wildman–Crippen MR) is 110 cm³/mol. The first-order valence-electron chi connectivity index (χ1n) is 10.4. The zero-order valence-corrected chi connectivity index (χ0v) is 18.0. The SMILES string of the molecule is CC(C)(C)c1ccc(C(=O)[O-])cc1.CCCC[NH+](CCCC)CCCC. The molecular formula is C23H41NO2. The molecule has 0 amide bonds. The van der Waals surface area contributed by atoms with Crippen molar-refractivity contribution in [1.82, 2.24) is 0 Å². The predicted octanol–water partition coefficient (Wildman–Crippen LogP) is 3.62. The van der Waals surface area contributed by atoms with Crippen molar-refractivity contribution in [2.45, 2.75) is 85.5 Å². The van der Waals surface area contributed by atoms with Crippen LogP contribution >= 0.6 is 0 Å². The fourth-order valence-electron chi connectivity index (χ4n) is 2.76. The summed E-state index contributed by atoms with van der Waals surface area (Å²) >= 11 is 0. The first-order chi connectivity index (χ1) is 12.3. The number of carbonyl (C=O) groups excluding carboxylic acids is 1. The van der Waals surface area contributed by atoms with E-state index in [0.717, 1.165) is 5.56 Å². The largest absolute Gasteiger partial charge is 0.545 e. The summed E-state index contributed by atoms with van der Waals surface area (Å²) < 4.78 is 0. The van der Waals surface area contributed by atoms with Gasteiger partial charge in [-0.2, -0.15) is 0 Å². The molecule has 3 heteroatoms. The molecule has 1 N–H and O–H groups in total. The molecule has 0 saturated heterocycles. The van der Waals surface area contributed by atoms with Crippen LogP contribution in [0.1, 0.15) is 96.0 Å². The maximum absolute atomic E-state index is 10.5. The van der Waals surface area contributed by atoms with Crippen LogP contribution in [0.3, 0.4) is 0 Å². The molecule has 0 bridgehead atoms. The minimum absolute atomic E-state index is 0.0600. The summed E-state index contributed by atoms with van der Waals surface area (Å²) in [6.07, 6.45) is 8.26. The molecule has 150 valence electrons. The van der Waals surface area contributed by atoms with Gasteiger partial charge in [-0.15, -0.1) is 0 Å². The van der Waals surface area contributed by atoms with E-state index in [-0.39, 0.29) is 11.0 Å². The van der Waals surface area contributed by atoms with E-state index in [1.165, 1.54) is 58.2 Å². The van der Waals surface area contributed by atoms with Gasteiger partial charge in [-0.05, 0) is 35.8 Å². The highest BCUT2D eigenvalue weighted by atomic mass is 16.4. The Bertz CT molecular complexity index is 455. The van der Waals surface area contributed by atoms with E-state index in [1.54, 1.807) is 12.1 Å². The Balaban J connectivity index is 0.000000481. The van der Waals surface area contributed by atoms with E-state index < -0.39 is 5.97 Å². The highest BCUT2D eigenvalue weighted by Crippen LogP contribution is 2.21. The van der Waals surface area contributed by atoms with Gasteiger partial charge in [-0.1, -0.05) is 85.1 Å². The number of rotatable bonds is 10. The zero-order valence-electron chi connectivity index (χ0n) is 18.0. The second kappa shape index (κ2) is 13.8. The van der Waals surface area contributed by atoms with Gasteiger partial charge in [-0.3, -0.25) is 0 Å². The molecule has 0 aliphatic carbocycles. The van der Waals surface area contributed by atoms with Crippen LogP contribution in [0.25, 0.3) is 0 Å². The normalized spacial score (nSPS) is 11.2. The van der Waals surface area contributed by atoms with Crippen molar-refractivity contribution in [2.75, 3.05) is 19.6 Å². The molecule has 0 fully saturated rings. The number of carboxylic acid groups (broad SMARTS) is 1. The first kappa shape index (κ1) is 24.7. The molecular weight excluding hydrogens is 322 g/mol. The third-order valence-electron chi connectivity index (χ3n) is 4.64. The molecule has 1 aromatic carbocycles. The van der Waals surface area contributed by atoms with Crippen LogP contribution in [0, 0.1) is 0 Å². The Morgan fingerprint density at radius 1 is 0.846 bits per heavy atom. The molecule has 1 aromatic rings. The van der Waals surface area contributed by atoms with Gasteiger partial charge in [0, 0.05) is 0 Å². The van der Waals surface area contributed by atoms with E-state index in [0.29, 0.717) is 0 Å². The maximum atomic E-state index is 10.5. The number of carboxylic acids is 1. The Morgan fingerprint density at radius 2 is 1.23 bits per heavy atom. The number of nitrogens with one attached hydrogen (secondary N) is 1. The molecule has 26 heavy (non-hydrogen) atoms. The monoisotopic (exact) mass is 363 g/mol. The van der Waals surface area contributed by atoms with Crippen LogP contribution in [-0.2, 0) is 5.41 Å². The van der Waals surface area contributed by atoms with Crippen LogP contribution < -0.4 is 10.0 Å². The summed E-state index contributed by atoms with van der Waals surface area (Å²) in [7, 11) is 0. The number of hydrogen-bond donors (Lipinski definition) is 1. The minimum Gasteiger partial charge on any atom is -0.545 e. The number of aromatic carboxylic acids is 1. The number of unbranched alkanes of at least 4 members (excludes halogenated alkanes) is 3. The Hall–Kier alpha value is -1.35. The van der Waals surface area contributed by atoms with Gasteiger partial charge in [0.25, 0.3) is 0 Å². The van der Waals surface area contributed by atoms with E-state index in [9.17, 15) is 9.90 Å². The third-order valence-corrected chi connectivity index (χ3v) is 4.64. The second-order valence-electron chi connectivity index (χ2n) is 8.18. The van der Waals surface area contributed by atoms with Gasteiger partial charge in [0.05, 0.1) is 25.6 Å². The van der Waals surface area contributed by atoms with Crippen LogP contribution in [0.15, 0.2) is 24.3 Å². The van der Waals surface area contributed by atoms with E-state index in [1.807, 2.05) is 17.0 Å². The Labute approximate surface area is 161 Å². The van der Waals surface area contributed by atoms with Gasteiger partial charge >= 0.3 is 0 Å². The molecule has 0 heterocycles. The van der Waals surface area contributed by atoms with Crippen molar-refractivity contribution in [3.63, 3.8) is 0 Å². The van der Waals surface area contributed by atoms with E-state index in [4.69, 9.17) is 0 Å². The summed E-state index contributed by atoms with van der Waals surface area (Å²) in [6.45, 7) is 17.3. The van der Waals surface area contributed by atoms with Crippen molar-refractivity contribution in [1.29, 1.82) is 0 Å². The number of carbonyl (C=O) groups is 1. The lowest BCUT2D eigenvalue weighted by Gasteiger charge is -2.19. The molecule has 0 radical (unpaired) electrons. The van der Waals surface area contributed by atoms with E-state index in [2.05, 4.69) is 41.5 Å². The molecule has 0 saturated carbocycles. The topological polar surface area (TPSA) is 44.6 Å². The van der Waals surface area contributed by atoms with Crippen molar-refractivity contribution in [3.8, 4) is 0 Å². The Morgan fingerprint density at radius 3 is 1.50 bits per heavy atom. The number of benzene rings is 1. The lowest BCUT2D eigenvalue weighted by atomic mass is 9.87. The minimum atomic E-state index is -1.12. The van der Waals surface area contributed by atoms with Crippen molar-refractivity contribution in [3.05, 3.63) is 35.4 Å². The average Bonchev–Trinajstić information content (AvgIpc) is 2.61. The van der Waals surface area contributed by atoms with E-state index >= 15 is 0 Å². The van der Waals surface area contributed by atoms with Gasteiger partial charge in [0.2, 0.25) is 0 Å². The highest BCUT2D eigenvalue weighted by Gasteiger charge is 2.12. The molecule has 0 aliphatic rings. The fraction of sp³-hybridized carbons (Fsp3) is 0.696. The Kier molecular flexibility index (Phi) is 13.1. The standard InChI is InChI=1S/C12H27N.C11H14O2/c1-4-7-10-13(11-8-5-2)12-9-6-3;1-11(2,3)9-6-4-8(5-7-9)10(12)13/h4-12H2,1-3H3;4-7H,1-3H3,(H,12,13). The van der Waals surface area contributed by atoms with Crippen molar-refractivity contribution >= 4 is 5.97 Å². The smallest absolute Gasteiger partial charge is 0.0770 e. The average molecular weight is 364 g/mol. The third kappa shape index (κ3) is 11.3. The van der Waals surface area contributed by atoms with Crippen LogP contribution in [0.5, 0.6) is 0 Å². The molecule has 0 atom stereocenters. The van der Waals surface area contributed by atoms with Gasteiger partial charge < -0.3 is 14.8 Å². The second-order valence-corrected chi connectivity index (χ2v) is 8.18. The van der Waals surface area contributed by atoms with Gasteiger partial charge in [0.15, 0.2) is 0 Å². The maximum Gasteiger partial charge on any atom is 0.0770 e. The molecule has 0 aliphatic heterocycles. The summed E-state index contributed by atoms with van der Waals surface area (Å²) in [5, 5.41) is 10.5. The van der Waals surface area contributed by atoms with Crippen molar-refractivity contribution in [2.24, 2.45) is 0 Å². The molecule has 0 unspecified atom stereocenters. The number of hydrogen-bond acceptors (Lipinski definition) is 2. The highest BCUT2D eigenvalue weighted by molar-refractivity contribution is 5.85. The van der Waals surface area contributed by atoms with Gasteiger partial charge in [0.1, 0.15) is 0 Å². The molecule has 0 aromatic heterocycles. The van der Waals surface area contributed by atoms with Crippen LogP contribution in [0.4, 0.5) is 0 Å². The first-order valence-corrected chi connectivity index (χ1v) is 10.4. The van der Waals surface area contributed by atoms with Crippen LogP contribution in [-0.4, -0.2) is 25.6 Å². The quantitative estimate of drug-likeness (QED) is 0.690. The summed E-state index contributed by atoms with van der Waals surface area (Å²) in [4.78, 5) is 12.3. The summed E-state index contributed by atoms with van der Waals surface area (Å²) in [5.41, 5.74) is 1.41. The molecule has 0 spiro atoms. The summed E-state index contributed by atoms with van der Waals surface area (Å²) in [5.74, 6) is -1.12. The number of quaternary nitrogens is 1. The zero-order chi connectivity index (χ0) is 20.0. The van der Waals surface area contributed by atoms with Crippen molar-refractivity contribution < 1.29 is 14.8 Å². The fourth-order valence-corrected chi connectivity index (χ4v) is 2.76. The molecule has 3 nitrogen and oxygen atoms in total. The van der Waals surface area contributed by atoms with Crippen LogP contribution in [0.2, 0.25) is 0 Å². The lowest BCUT2D eigenvalue weighted by Crippen LogP contribution is -3.12.